The number of esters is 1. The van der Waals surface area contributed by atoms with Crippen LogP contribution in [-0.2, 0) is 26.9 Å². The van der Waals surface area contributed by atoms with Gasteiger partial charge in [0, 0.05) is 24.3 Å². The second-order valence-electron chi connectivity index (χ2n) is 12.0. The second-order valence-corrected chi connectivity index (χ2v) is 12.0. The molecule has 2 fully saturated rings. The zero-order valence-electron chi connectivity index (χ0n) is 23.3. The van der Waals surface area contributed by atoms with Crippen LogP contribution in [0, 0.1) is 11.8 Å². The van der Waals surface area contributed by atoms with Crippen LogP contribution in [0.1, 0.15) is 97.2 Å². The summed E-state index contributed by atoms with van der Waals surface area (Å²) in [5.41, 5.74) is -2.43. The van der Waals surface area contributed by atoms with Gasteiger partial charge in [0.15, 0.2) is 0 Å². The van der Waals surface area contributed by atoms with Crippen molar-refractivity contribution in [3.63, 3.8) is 0 Å². The first-order valence-corrected chi connectivity index (χ1v) is 13.6. The Bertz CT molecular complexity index is 1050. The van der Waals surface area contributed by atoms with Gasteiger partial charge in [-0.05, 0) is 90.0 Å². The van der Waals surface area contributed by atoms with Crippen LogP contribution in [0.3, 0.4) is 0 Å². The predicted molar refractivity (Wildman–Crippen MR) is 137 cm³/mol. The fraction of sp³-hybridized carbons (Fsp3) is 0.750. The fourth-order valence-corrected chi connectivity index (χ4v) is 5.80. The Morgan fingerprint density at radius 2 is 1.71 bits per heavy atom. The van der Waals surface area contributed by atoms with Crippen LogP contribution in [0.15, 0.2) is 17.1 Å². The number of ether oxygens (including phenoxy) is 2. The van der Waals surface area contributed by atoms with E-state index in [0.29, 0.717) is 25.3 Å². The molecular weight excluding hydrogens is 501 g/mol. The molecule has 38 heavy (non-hydrogen) atoms. The van der Waals surface area contributed by atoms with E-state index < -0.39 is 34.9 Å². The lowest BCUT2D eigenvalue weighted by Crippen LogP contribution is -2.48. The number of alkyl halides is 3. The van der Waals surface area contributed by atoms with E-state index in [1.807, 2.05) is 39.5 Å². The summed E-state index contributed by atoms with van der Waals surface area (Å²) in [5, 5.41) is 0. The fourth-order valence-electron chi connectivity index (χ4n) is 5.80. The van der Waals surface area contributed by atoms with Gasteiger partial charge >= 0.3 is 18.2 Å². The average molecular weight is 543 g/mol. The summed E-state index contributed by atoms with van der Waals surface area (Å²) in [6.07, 6.45) is 0.189. The van der Waals surface area contributed by atoms with Gasteiger partial charge in [0.05, 0.1) is 12.2 Å². The van der Waals surface area contributed by atoms with Crippen LogP contribution in [0.25, 0.3) is 0 Å². The van der Waals surface area contributed by atoms with Crippen LogP contribution in [0.4, 0.5) is 18.0 Å². The minimum absolute atomic E-state index is 0.00271. The zero-order chi connectivity index (χ0) is 28.4. The number of pyridine rings is 1. The van der Waals surface area contributed by atoms with Gasteiger partial charge in [-0.25, -0.2) is 9.59 Å². The molecule has 0 radical (unpaired) electrons. The van der Waals surface area contributed by atoms with E-state index in [9.17, 15) is 27.6 Å². The summed E-state index contributed by atoms with van der Waals surface area (Å²) in [4.78, 5) is 40.0. The van der Waals surface area contributed by atoms with Crippen molar-refractivity contribution >= 4 is 12.1 Å². The predicted octanol–water partition coefficient (Wildman–Crippen LogP) is 6.13. The van der Waals surface area contributed by atoms with Gasteiger partial charge in [0.25, 0.3) is 5.56 Å². The highest BCUT2D eigenvalue weighted by molar-refractivity contribution is 5.74. The third-order valence-electron chi connectivity index (χ3n) is 7.31. The summed E-state index contributed by atoms with van der Waals surface area (Å²) >= 11 is 0. The van der Waals surface area contributed by atoms with E-state index in [4.69, 9.17) is 9.47 Å². The number of aryl methyl sites for hydroxylation is 1. The van der Waals surface area contributed by atoms with Crippen molar-refractivity contribution in [1.29, 1.82) is 0 Å². The molecule has 3 heterocycles. The quantitative estimate of drug-likeness (QED) is 0.370. The molecule has 3 rings (SSSR count). The zero-order valence-corrected chi connectivity index (χ0v) is 23.3. The number of hydrogen-bond acceptors (Lipinski definition) is 5. The molecule has 0 aromatic carbocycles. The number of rotatable bonds is 8. The van der Waals surface area contributed by atoms with E-state index >= 15 is 0 Å². The number of nitrogens with zero attached hydrogens (tertiary/aromatic N) is 2. The molecule has 2 aliphatic heterocycles. The smallest absolute Gasteiger partial charge is 0.416 e. The molecule has 0 aliphatic carbocycles. The van der Waals surface area contributed by atoms with Crippen molar-refractivity contribution in [2.75, 3.05) is 6.61 Å². The third kappa shape index (κ3) is 7.32. The summed E-state index contributed by atoms with van der Waals surface area (Å²) in [6, 6.07) is -0.347. The van der Waals surface area contributed by atoms with Crippen molar-refractivity contribution in [1.82, 2.24) is 9.47 Å². The number of amides is 1. The number of halogens is 3. The molecule has 1 aromatic rings. The number of carbonyl (C=O) groups excluding carboxylic acids is 2. The van der Waals surface area contributed by atoms with Crippen molar-refractivity contribution in [2.45, 2.75) is 116 Å². The minimum Gasteiger partial charge on any atom is -0.464 e. The molecule has 10 heteroatoms. The van der Waals surface area contributed by atoms with Gasteiger partial charge in [0.1, 0.15) is 11.6 Å². The van der Waals surface area contributed by atoms with Crippen LogP contribution in [0.5, 0.6) is 0 Å². The summed E-state index contributed by atoms with van der Waals surface area (Å²) in [5.74, 6) is -0.461. The largest absolute Gasteiger partial charge is 0.464 e. The number of fused-ring (bicyclic) bond motifs is 2. The van der Waals surface area contributed by atoms with Gasteiger partial charge < -0.3 is 18.9 Å². The Hall–Kier alpha value is -2.52. The first-order valence-electron chi connectivity index (χ1n) is 13.6. The molecule has 2 aliphatic rings. The number of carbonyl (C=O) groups is 2. The van der Waals surface area contributed by atoms with Crippen molar-refractivity contribution in [2.24, 2.45) is 11.8 Å². The Morgan fingerprint density at radius 3 is 2.21 bits per heavy atom. The van der Waals surface area contributed by atoms with E-state index in [2.05, 4.69) is 0 Å². The van der Waals surface area contributed by atoms with Crippen LogP contribution in [-0.4, -0.2) is 45.8 Å². The summed E-state index contributed by atoms with van der Waals surface area (Å²) in [6.45, 7) is 11.0. The Labute approximate surface area is 222 Å². The van der Waals surface area contributed by atoms with E-state index in [1.165, 1.54) is 6.20 Å². The Balaban J connectivity index is 1.82. The normalized spacial score (nSPS) is 22.5. The monoisotopic (exact) mass is 542 g/mol. The maximum Gasteiger partial charge on any atom is 0.416 e. The molecule has 3 atom stereocenters. The van der Waals surface area contributed by atoms with E-state index in [-0.39, 0.29) is 55.0 Å². The number of hydrogen-bond donors (Lipinski definition) is 0. The number of piperidine rings is 1. The van der Waals surface area contributed by atoms with Crippen molar-refractivity contribution in [3.8, 4) is 0 Å². The Kier molecular flexibility index (Phi) is 9.24. The SMILES string of the molecule is CCOC(=O)C(CC(C)C)n1cc(CCC2CC3CCC(C2)N3C(=O)OC(C)(C)C)c(C(F)(F)F)cc1=O. The third-order valence-corrected chi connectivity index (χ3v) is 7.31. The van der Waals surface area contributed by atoms with Gasteiger partial charge in [-0.1, -0.05) is 13.8 Å². The highest BCUT2D eigenvalue weighted by Crippen LogP contribution is 2.42. The molecule has 1 amide bonds. The molecule has 3 unspecified atom stereocenters. The first-order chi connectivity index (χ1) is 17.6. The van der Waals surface area contributed by atoms with E-state index in [1.54, 1.807) is 6.92 Å². The van der Waals surface area contributed by atoms with Gasteiger partial charge in [-0.2, -0.15) is 13.2 Å². The van der Waals surface area contributed by atoms with Gasteiger partial charge in [-0.3, -0.25) is 4.79 Å². The molecule has 2 saturated heterocycles. The highest BCUT2D eigenvalue weighted by atomic mass is 19.4. The van der Waals surface area contributed by atoms with Gasteiger partial charge in [0.2, 0.25) is 0 Å². The summed E-state index contributed by atoms with van der Waals surface area (Å²) in [7, 11) is 0. The lowest BCUT2D eigenvalue weighted by molar-refractivity contribution is -0.147. The molecule has 0 N–H and O–H groups in total. The maximum absolute atomic E-state index is 13.9. The molecular formula is C28H41F3N2O5. The molecule has 1 aromatic heterocycles. The molecule has 0 spiro atoms. The Morgan fingerprint density at radius 1 is 1.11 bits per heavy atom. The molecule has 214 valence electrons. The van der Waals surface area contributed by atoms with Crippen molar-refractivity contribution in [3.05, 3.63) is 33.7 Å². The van der Waals surface area contributed by atoms with Crippen molar-refractivity contribution < 1.29 is 32.2 Å². The molecule has 2 bridgehead atoms. The van der Waals surface area contributed by atoms with E-state index in [0.717, 1.165) is 17.4 Å². The van der Waals surface area contributed by atoms with Crippen LogP contribution >= 0.6 is 0 Å². The number of aromatic nitrogens is 1. The second kappa shape index (κ2) is 11.7. The maximum atomic E-state index is 13.9. The average Bonchev–Trinajstić information content (AvgIpc) is 3.05. The lowest BCUT2D eigenvalue weighted by Gasteiger charge is -2.39. The highest BCUT2D eigenvalue weighted by Gasteiger charge is 2.45. The van der Waals surface area contributed by atoms with Crippen LogP contribution in [0.2, 0.25) is 0 Å². The standard InChI is InChI=1S/C28H41F3N2O5/c1-7-37-25(35)23(12-17(2)3)32-16-19(22(15-24(32)34)28(29,30)31)9-8-18-13-20-10-11-21(14-18)33(20)26(36)38-27(4,5)6/h15-18,20-21,23H,7-14H2,1-6H3. The van der Waals surface area contributed by atoms with Gasteiger partial charge in [-0.15, -0.1) is 0 Å². The lowest BCUT2D eigenvalue weighted by atomic mass is 9.86. The minimum atomic E-state index is -4.69. The molecule has 7 nitrogen and oxygen atoms in total. The topological polar surface area (TPSA) is 77.8 Å². The first kappa shape index (κ1) is 30.0. The molecule has 0 saturated carbocycles. The summed E-state index contributed by atoms with van der Waals surface area (Å²) < 4.78 is 53.6. The van der Waals surface area contributed by atoms with Crippen LogP contribution < -0.4 is 5.56 Å².